The van der Waals surface area contributed by atoms with Crippen molar-refractivity contribution in [3.63, 3.8) is 0 Å². The quantitative estimate of drug-likeness (QED) is 0.559. The fourth-order valence-electron chi connectivity index (χ4n) is 4.05. The summed E-state index contributed by atoms with van der Waals surface area (Å²) in [5, 5.41) is 9.19. The Morgan fingerprint density at radius 1 is 1.20 bits per heavy atom. The van der Waals surface area contributed by atoms with Crippen LogP contribution in [0.3, 0.4) is 0 Å². The summed E-state index contributed by atoms with van der Waals surface area (Å²) < 4.78 is 0. The van der Waals surface area contributed by atoms with Crippen molar-refractivity contribution < 1.29 is 5.11 Å². The maximum Gasteiger partial charge on any atom is 0.0515 e. The molecule has 116 valence electrons. The van der Waals surface area contributed by atoms with Crippen LogP contribution in [-0.4, -0.2) is 34.7 Å². The van der Waals surface area contributed by atoms with Gasteiger partial charge in [-0.15, -0.1) is 0 Å². The van der Waals surface area contributed by atoms with Gasteiger partial charge in [0.15, 0.2) is 0 Å². The van der Waals surface area contributed by atoms with Crippen LogP contribution in [0.4, 0.5) is 0 Å². The first-order valence-corrected chi connectivity index (χ1v) is 8.77. The minimum absolute atomic E-state index is 0.157. The first-order chi connectivity index (χ1) is 9.68. The molecule has 1 N–H and O–H groups in total. The number of hydrogen-bond acceptors (Lipinski definition) is 2. The Bertz CT molecular complexity index is 300. The summed E-state index contributed by atoms with van der Waals surface area (Å²) in [6, 6.07) is 1.76. The first kappa shape index (κ1) is 16.0. The molecule has 2 aliphatic rings. The van der Waals surface area contributed by atoms with Crippen LogP contribution in [0.15, 0.2) is 12.2 Å². The van der Waals surface area contributed by atoms with Crippen LogP contribution in [0.5, 0.6) is 0 Å². The molecule has 0 aliphatic carbocycles. The van der Waals surface area contributed by atoms with Crippen molar-refractivity contribution in [3.8, 4) is 0 Å². The van der Waals surface area contributed by atoms with Crippen LogP contribution < -0.4 is 0 Å². The number of rotatable bonds is 7. The van der Waals surface area contributed by atoms with Crippen molar-refractivity contribution in [3.05, 3.63) is 12.2 Å². The molecule has 0 aromatic carbocycles. The minimum Gasteiger partial charge on any atom is -0.393 e. The second-order valence-electron chi connectivity index (χ2n) is 6.98. The van der Waals surface area contributed by atoms with Gasteiger partial charge < -0.3 is 5.11 Å². The zero-order chi connectivity index (χ0) is 14.4. The standard InChI is InChI=1S/C18H33NO/c1-15-12-13-17(19-14-8-11-18(15)19)10-7-5-3-4-6-9-16(2)20/h3-4,15-18,20H,5-14H2,1-2H3/b4-3-. The molecule has 4 unspecified atom stereocenters. The summed E-state index contributed by atoms with van der Waals surface area (Å²) in [7, 11) is 0. The summed E-state index contributed by atoms with van der Waals surface area (Å²) in [5.74, 6) is 0.925. The van der Waals surface area contributed by atoms with Crippen LogP contribution in [0, 0.1) is 5.92 Å². The summed E-state index contributed by atoms with van der Waals surface area (Å²) >= 11 is 0. The average Bonchev–Trinajstić information content (AvgIpc) is 2.90. The van der Waals surface area contributed by atoms with Gasteiger partial charge >= 0.3 is 0 Å². The van der Waals surface area contributed by atoms with Crippen LogP contribution in [0.25, 0.3) is 0 Å². The molecule has 2 saturated heterocycles. The molecule has 0 saturated carbocycles. The van der Waals surface area contributed by atoms with Gasteiger partial charge in [-0.05, 0) is 77.2 Å². The Balaban J connectivity index is 1.62. The number of aliphatic hydroxyl groups is 1. The lowest BCUT2D eigenvalue weighted by Gasteiger charge is -2.41. The third-order valence-corrected chi connectivity index (χ3v) is 5.25. The zero-order valence-corrected chi connectivity index (χ0v) is 13.4. The van der Waals surface area contributed by atoms with Crippen molar-refractivity contribution in [2.75, 3.05) is 6.54 Å². The van der Waals surface area contributed by atoms with Crippen molar-refractivity contribution in [2.45, 2.75) is 89.8 Å². The van der Waals surface area contributed by atoms with E-state index in [1.54, 1.807) is 0 Å². The molecular formula is C18H33NO. The highest BCUT2D eigenvalue weighted by Gasteiger charge is 2.37. The lowest BCUT2D eigenvalue weighted by Crippen LogP contribution is -2.46. The maximum atomic E-state index is 9.19. The molecule has 2 heterocycles. The van der Waals surface area contributed by atoms with Gasteiger partial charge in [0, 0.05) is 12.1 Å². The molecular weight excluding hydrogens is 246 g/mol. The van der Waals surface area contributed by atoms with E-state index < -0.39 is 0 Å². The number of hydrogen-bond donors (Lipinski definition) is 1. The lowest BCUT2D eigenvalue weighted by molar-refractivity contribution is 0.0756. The van der Waals surface area contributed by atoms with Crippen molar-refractivity contribution in [1.29, 1.82) is 0 Å². The predicted octanol–water partition coefficient (Wildman–Crippen LogP) is 4.14. The third kappa shape index (κ3) is 4.60. The van der Waals surface area contributed by atoms with Gasteiger partial charge in [0.05, 0.1) is 6.10 Å². The average molecular weight is 279 g/mol. The minimum atomic E-state index is -0.157. The number of allylic oxidation sites excluding steroid dienone is 2. The summed E-state index contributed by atoms with van der Waals surface area (Å²) in [6.45, 7) is 5.67. The van der Waals surface area contributed by atoms with E-state index in [1.165, 1.54) is 51.5 Å². The number of piperidine rings is 1. The van der Waals surface area contributed by atoms with Gasteiger partial charge in [-0.3, -0.25) is 4.90 Å². The SMILES string of the molecule is CC(O)CC/C=C\CCCC1CCC(C)C2CCCN12. The van der Waals surface area contributed by atoms with Gasteiger partial charge in [0.2, 0.25) is 0 Å². The molecule has 4 atom stereocenters. The molecule has 0 spiro atoms. The summed E-state index contributed by atoms with van der Waals surface area (Å²) in [5.41, 5.74) is 0. The molecule has 2 aliphatic heterocycles. The predicted molar refractivity (Wildman–Crippen MR) is 85.8 cm³/mol. The van der Waals surface area contributed by atoms with E-state index in [1.807, 2.05) is 6.92 Å². The summed E-state index contributed by atoms with van der Waals surface area (Å²) in [6.07, 6.45) is 16.0. The summed E-state index contributed by atoms with van der Waals surface area (Å²) in [4.78, 5) is 2.82. The molecule has 2 rings (SSSR count). The molecule has 0 aromatic rings. The molecule has 2 fully saturated rings. The normalized spacial score (nSPS) is 32.6. The molecule has 0 bridgehead atoms. The van der Waals surface area contributed by atoms with E-state index in [9.17, 15) is 5.11 Å². The Morgan fingerprint density at radius 2 is 2.00 bits per heavy atom. The Kier molecular flexibility index (Phi) is 6.57. The highest BCUT2D eigenvalue weighted by Crippen LogP contribution is 2.36. The second kappa shape index (κ2) is 8.19. The molecule has 2 heteroatoms. The molecule has 0 radical (unpaired) electrons. The van der Waals surface area contributed by atoms with Gasteiger partial charge in [-0.1, -0.05) is 19.1 Å². The van der Waals surface area contributed by atoms with E-state index in [-0.39, 0.29) is 6.10 Å². The van der Waals surface area contributed by atoms with E-state index in [4.69, 9.17) is 0 Å². The van der Waals surface area contributed by atoms with E-state index >= 15 is 0 Å². The molecule has 0 aromatic heterocycles. The van der Waals surface area contributed by atoms with E-state index in [0.29, 0.717) is 0 Å². The van der Waals surface area contributed by atoms with E-state index in [2.05, 4.69) is 24.0 Å². The molecule has 0 amide bonds. The Labute approximate surface area is 125 Å². The van der Waals surface area contributed by atoms with Crippen LogP contribution in [0.2, 0.25) is 0 Å². The van der Waals surface area contributed by atoms with Crippen molar-refractivity contribution >= 4 is 0 Å². The second-order valence-corrected chi connectivity index (χ2v) is 6.98. The van der Waals surface area contributed by atoms with E-state index in [0.717, 1.165) is 30.8 Å². The van der Waals surface area contributed by atoms with Crippen molar-refractivity contribution in [1.82, 2.24) is 4.90 Å². The fourth-order valence-corrected chi connectivity index (χ4v) is 4.05. The Hall–Kier alpha value is -0.340. The smallest absolute Gasteiger partial charge is 0.0515 e. The monoisotopic (exact) mass is 279 g/mol. The lowest BCUT2D eigenvalue weighted by atomic mass is 9.85. The number of nitrogens with zero attached hydrogens (tertiary/aromatic N) is 1. The number of aliphatic hydroxyl groups excluding tert-OH is 1. The number of fused-ring (bicyclic) bond motifs is 1. The van der Waals surface area contributed by atoms with Crippen LogP contribution in [0.1, 0.15) is 71.6 Å². The van der Waals surface area contributed by atoms with Crippen molar-refractivity contribution in [2.24, 2.45) is 5.92 Å². The number of unbranched alkanes of at least 4 members (excludes halogenated alkanes) is 1. The maximum absolute atomic E-state index is 9.19. The van der Waals surface area contributed by atoms with Gasteiger partial charge in [-0.25, -0.2) is 0 Å². The van der Waals surface area contributed by atoms with Crippen LogP contribution >= 0.6 is 0 Å². The fraction of sp³-hybridized carbons (Fsp3) is 0.889. The molecule has 2 nitrogen and oxygen atoms in total. The van der Waals surface area contributed by atoms with Gasteiger partial charge in [0.25, 0.3) is 0 Å². The molecule has 20 heavy (non-hydrogen) atoms. The largest absolute Gasteiger partial charge is 0.393 e. The highest BCUT2D eigenvalue weighted by atomic mass is 16.3. The Morgan fingerprint density at radius 3 is 2.80 bits per heavy atom. The third-order valence-electron chi connectivity index (χ3n) is 5.25. The highest BCUT2D eigenvalue weighted by molar-refractivity contribution is 4.92. The first-order valence-electron chi connectivity index (χ1n) is 8.77. The van der Waals surface area contributed by atoms with Crippen LogP contribution in [-0.2, 0) is 0 Å². The van der Waals surface area contributed by atoms with Gasteiger partial charge in [-0.2, -0.15) is 0 Å². The zero-order valence-electron chi connectivity index (χ0n) is 13.4. The topological polar surface area (TPSA) is 23.5 Å². The van der Waals surface area contributed by atoms with Gasteiger partial charge in [0.1, 0.15) is 0 Å².